The predicted molar refractivity (Wildman–Crippen MR) is 84.6 cm³/mol. The Bertz CT molecular complexity index is 633. The van der Waals surface area contributed by atoms with Crippen LogP contribution < -0.4 is 4.74 Å². The Balaban J connectivity index is 0.000000211. The summed E-state index contributed by atoms with van der Waals surface area (Å²) in [6.45, 7) is 7.08. The second kappa shape index (κ2) is 7.65. The van der Waals surface area contributed by atoms with Crippen LogP contribution in [0.15, 0.2) is 49.6 Å². The van der Waals surface area contributed by atoms with Crippen LogP contribution in [0.4, 0.5) is 0 Å². The van der Waals surface area contributed by atoms with Crippen LogP contribution in [-0.4, -0.2) is 22.4 Å². The molecule has 0 radical (unpaired) electrons. The highest BCUT2D eigenvalue weighted by Crippen LogP contribution is 2.26. The summed E-state index contributed by atoms with van der Waals surface area (Å²) in [6.07, 6.45) is 3.26. The molecule has 2 aromatic rings. The molecule has 0 spiro atoms. The lowest BCUT2D eigenvalue weighted by atomic mass is 10.2. The topological polar surface area (TPSA) is 69.9 Å². The smallest absolute Gasteiger partial charge is 0.160 e. The van der Waals surface area contributed by atoms with E-state index in [2.05, 4.69) is 13.2 Å². The number of hydrogen-bond donors (Lipinski definition) is 3. The van der Waals surface area contributed by atoms with Gasteiger partial charge in [-0.3, -0.25) is 0 Å². The van der Waals surface area contributed by atoms with Gasteiger partial charge < -0.3 is 20.1 Å². The number of rotatable bonds is 3. The first-order valence-corrected chi connectivity index (χ1v) is 6.15. The molecule has 0 saturated heterocycles. The van der Waals surface area contributed by atoms with Crippen molar-refractivity contribution < 1.29 is 20.1 Å². The van der Waals surface area contributed by atoms with Gasteiger partial charge >= 0.3 is 0 Å². The number of ether oxygens (including phenoxy) is 1. The number of phenolic OH excluding ortho intramolecular Hbond substituents is 3. The standard InChI is InChI=1S/C9H10O2.C8H8O2/c1-3-7-4-5-9(11-2)8(10)6-7;1-2-6-3-4-7(9)8(10)5-6/h3-6,10H,1H2,2H3;2-5,9-10H,1H2. The van der Waals surface area contributed by atoms with Gasteiger partial charge in [0.2, 0.25) is 0 Å². The molecule has 4 heteroatoms. The van der Waals surface area contributed by atoms with Crippen LogP contribution in [-0.2, 0) is 0 Å². The Hall–Kier alpha value is -2.88. The molecule has 0 atom stereocenters. The van der Waals surface area contributed by atoms with Crippen molar-refractivity contribution in [3.8, 4) is 23.0 Å². The van der Waals surface area contributed by atoms with Crippen LogP contribution in [0.5, 0.6) is 23.0 Å². The molecule has 0 aliphatic heterocycles. The van der Waals surface area contributed by atoms with Crippen LogP contribution >= 0.6 is 0 Å². The van der Waals surface area contributed by atoms with Gasteiger partial charge in [-0.15, -0.1) is 0 Å². The maximum absolute atomic E-state index is 9.25. The second-order valence-corrected chi connectivity index (χ2v) is 4.09. The van der Waals surface area contributed by atoms with Gasteiger partial charge in [-0.05, 0) is 35.4 Å². The van der Waals surface area contributed by atoms with Crippen molar-refractivity contribution in [3.63, 3.8) is 0 Å². The third-order valence-corrected chi connectivity index (χ3v) is 2.67. The highest BCUT2D eigenvalue weighted by molar-refractivity contribution is 5.54. The molecule has 2 aromatic carbocycles. The van der Waals surface area contributed by atoms with Crippen molar-refractivity contribution in [2.45, 2.75) is 0 Å². The second-order valence-electron chi connectivity index (χ2n) is 4.09. The quantitative estimate of drug-likeness (QED) is 0.751. The molecule has 21 heavy (non-hydrogen) atoms. The average Bonchev–Trinajstić information content (AvgIpc) is 2.50. The van der Waals surface area contributed by atoms with Crippen molar-refractivity contribution >= 4 is 12.2 Å². The van der Waals surface area contributed by atoms with Crippen LogP contribution in [0, 0.1) is 0 Å². The van der Waals surface area contributed by atoms with E-state index in [-0.39, 0.29) is 17.2 Å². The van der Waals surface area contributed by atoms with Gasteiger partial charge in [-0.1, -0.05) is 37.4 Å². The molecule has 0 bridgehead atoms. The number of aromatic hydroxyl groups is 3. The summed E-state index contributed by atoms with van der Waals surface area (Å²) in [5, 5.41) is 27.0. The van der Waals surface area contributed by atoms with Gasteiger partial charge in [0.05, 0.1) is 7.11 Å². The van der Waals surface area contributed by atoms with Crippen LogP contribution in [0.1, 0.15) is 11.1 Å². The Kier molecular flexibility index (Phi) is 5.89. The summed E-state index contributed by atoms with van der Waals surface area (Å²) in [4.78, 5) is 0. The van der Waals surface area contributed by atoms with Crippen molar-refractivity contribution in [2.24, 2.45) is 0 Å². The van der Waals surface area contributed by atoms with Crippen LogP contribution in [0.3, 0.4) is 0 Å². The number of hydrogen-bond acceptors (Lipinski definition) is 4. The molecular formula is C17H18O4. The van der Waals surface area contributed by atoms with E-state index in [1.807, 2.05) is 6.07 Å². The van der Waals surface area contributed by atoms with E-state index in [9.17, 15) is 5.11 Å². The zero-order chi connectivity index (χ0) is 15.8. The Morgan fingerprint density at radius 2 is 1.33 bits per heavy atom. The summed E-state index contributed by atoms with van der Waals surface area (Å²) < 4.78 is 4.86. The lowest BCUT2D eigenvalue weighted by Gasteiger charge is -2.02. The summed E-state index contributed by atoms with van der Waals surface area (Å²) >= 11 is 0. The van der Waals surface area contributed by atoms with Crippen molar-refractivity contribution in [1.29, 1.82) is 0 Å². The Labute approximate surface area is 123 Å². The lowest BCUT2D eigenvalue weighted by molar-refractivity contribution is 0.373. The maximum atomic E-state index is 9.25. The van der Waals surface area contributed by atoms with Gasteiger partial charge in [0.1, 0.15) is 0 Å². The maximum Gasteiger partial charge on any atom is 0.160 e. The molecule has 0 amide bonds. The number of phenols is 3. The van der Waals surface area contributed by atoms with E-state index in [0.29, 0.717) is 5.75 Å². The fraction of sp³-hybridized carbons (Fsp3) is 0.0588. The molecule has 110 valence electrons. The molecule has 0 fully saturated rings. The van der Waals surface area contributed by atoms with E-state index in [0.717, 1.165) is 11.1 Å². The first kappa shape index (κ1) is 16.2. The monoisotopic (exact) mass is 286 g/mol. The summed E-state index contributed by atoms with van der Waals surface area (Å²) in [5.41, 5.74) is 1.67. The summed E-state index contributed by atoms with van der Waals surface area (Å²) in [5.74, 6) is 0.406. The molecule has 2 rings (SSSR count). The minimum atomic E-state index is -0.114. The number of methoxy groups -OCH3 is 1. The lowest BCUT2D eigenvalue weighted by Crippen LogP contribution is -1.83. The third-order valence-electron chi connectivity index (χ3n) is 2.67. The first-order valence-electron chi connectivity index (χ1n) is 6.15. The molecular weight excluding hydrogens is 268 g/mol. The highest BCUT2D eigenvalue weighted by Gasteiger charge is 1.98. The van der Waals surface area contributed by atoms with E-state index < -0.39 is 0 Å². The van der Waals surface area contributed by atoms with Gasteiger partial charge in [-0.2, -0.15) is 0 Å². The molecule has 0 aliphatic rings. The molecule has 3 N–H and O–H groups in total. The Morgan fingerprint density at radius 3 is 1.76 bits per heavy atom. The van der Waals surface area contributed by atoms with E-state index in [1.54, 1.807) is 30.4 Å². The van der Waals surface area contributed by atoms with Gasteiger partial charge in [0, 0.05) is 0 Å². The van der Waals surface area contributed by atoms with Crippen molar-refractivity contribution in [3.05, 3.63) is 60.7 Å². The minimum absolute atomic E-state index is 0.106. The molecule has 0 unspecified atom stereocenters. The van der Waals surface area contributed by atoms with E-state index in [4.69, 9.17) is 14.9 Å². The normalized spacial score (nSPS) is 9.19. The van der Waals surface area contributed by atoms with Gasteiger partial charge in [0.15, 0.2) is 23.0 Å². The minimum Gasteiger partial charge on any atom is -0.504 e. The fourth-order valence-electron chi connectivity index (χ4n) is 1.50. The highest BCUT2D eigenvalue weighted by atomic mass is 16.5. The van der Waals surface area contributed by atoms with E-state index in [1.165, 1.54) is 19.2 Å². The van der Waals surface area contributed by atoms with Crippen LogP contribution in [0.25, 0.3) is 12.2 Å². The molecule has 0 saturated carbocycles. The Morgan fingerprint density at radius 1 is 0.810 bits per heavy atom. The molecule has 0 aliphatic carbocycles. The zero-order valence-electron chi connectivity index (χ0n) is 11.8. The summed E-state index contributed by atoms with van der Waals surface area (Å²) in [6, 6.07) is 9.67. The summed E-state index contributed by atoms with van der Waals surface area (Å²) in [7, 11) is 1.52. The van der Waals surface area contributed by atoms with E-state index >= 15 is 0 Å². The third kappa shape index (κ3) is 4.62. The largest absolute Gasteiger partial charge is 0.504 e. The van der Waals surface area contributed by atoms with Crippen LogP contribution in [0.2, 0.25) is 0 Å². The fourth-order valence-corrected chi connectivity index (χ4v) is 1.50. The van der Waals surface area contributed by atoms with Crippen molar-refractivity contribution in [2.75, 3.05) is 7.11 Å². The van der Waals surface area contributed by atoms with Gasteiger partial charge in [0.25, 0.3) is 0 Å². The SMILES string of the molecule is C=Cc1ccc(O)c(O)c1.C=Cc1ccc(OC)c(O)c1. The first-order chi connectivity index (χ1) is 10.0. The molecule has 0 aromatic heterocycles. The number of benzene rings is 2. The predicted octanol–water partition coefficient (Wildman–Crippen LogP) is 3.78. The zero-order valence-corrected chi connectivity index (χ0v) is 11.8. The molecule has 4 nitrogen and oxygen atoms in total. The molecule has 0 heterocycles. The average molecular weight is 286 g/mol. The van der Waals surface area contributed by atoms with Crippen molar-refractivity contribution in [1.82, 2.24) is 0 Å². The van der Waals surface area contributed by atoms with Gasteiger partial charge in [-0.25, -0.2) is 0 Å².